The lowest BCUT2D eigenvalue weighted by Crippen LogP contribution is -2.11. The molecule has 0 saturated carbocycles. The van der Waals surface area contributed by atoms with E-state index in [1.165, 1.54) is 6.07 Å². The molecule has 0 aliphatic carbocycles. The molecule has 2 aromatic heterocycles. The van der Waals surface area contributed by atoms with Crippen molar-refractivity contribution >= 4 is 17.3 Å². The van der Waals surface area contributed by atoms with E-state index < -0.39 is 5.97 Å². The van der Waals surface area contributed by atoms with Crippen molar-refractivity contribution in [1.29, 1.82) is 0 Å². The Morgan fingerprint density at radius 2 is 2.21 bits per heavy atom. The standard InChI is InChI=1S/C12H14N2O4S/c1-12(2,3)11-14-13-9(18-11)5-17-7-4-8(10(15)16)19-6-7/h4,6H,5H2,1-3H3,(H,15,16). The molecule has 0 saturated heterocycles. The molecule has 1 N–H and O–H groups in total. The minimum atomic E-state index is -0.965. The van der Waals surface area contributed by atoms with Crippen LogP contribution < -0.4 is 4.74 Å². The molecular weight excluding hydrogens is 268 g/mol. The van der Waals surface area contributed by atoms with Crippen molar-refractivity contribution in [1.82, 2.24) is 10.2 Å². The number of hydrogen-bond acceptors (Lipinski definition) is 6. The average molecular weight is 282 g/mol. The fourth-order valence-corrected chi connectivity index (χ4v) is 1.93. The van der Waals surface area contributed by atoms with Crippen molar-refractivity contribution in [3.63, 3.8) is 0 Å². The average Bonchev–Trinajstić information content (AvgIpc) is 2.95. The Kier molecular flexibility index (Phi) is 3.57. The lowest BCUT2D eigenvalue weighted by Gasteiger charge is -2.10. The summed E-state index contributed by atoms with van der Waals surface area (Å²) < 4.78 is 10.9. The molecule has 19 heavy (non-hydrogen) atoms. The molecule has 0 bridgehead atoms. The fourth-order valence-electron chi connectivity index (χ4n) is 1.27. The number of hydrogen-bond donors (Lipinski definition) is 1. The van der Waals surface area contributed by atoms with E-state index in [4.69, 9.17) is 14.3 Å². The van der Waals surface area contributed by atoms with Crippen LogP contribution in [0.15, 0.2) is 15.9 Å². The molecule has 0 atom stereocenters. The van der Waals surface area contributed by atoms with Gasteiger partial charge >= 0.3 is 5.97 Å². The second kappa shape index (κ2) is 5.00. The van der Waals surface area contributed by atoms with Gasteiger partial charge in [0.05, 0.1) is 0 Å². The third-order valence-electron chi connectivity index (χ3n) is 2.26. The number of aromatic nitrogens is 2. The van der Waals surface area contributed by atoms with Gasteiger partial charge in [-0.05, 0) is 0 Å². The largest absolute Gasteiger partial charge is 0.483 e. The van der Waals surface area contributed by atoms with Crippen molar-refractivity contribution in [2.24, 2.45) is 0 Å². The van der Waals surface area contributed by atoms with E-state index >= 15 is 0 Å². The summed E-state index contributed by atoms with van der Waals surface area (Å²) in [4.78, 5) is 10.9. The van der Waals surface area contributed by atoms with Crippen LogP contribution in [-0.4, -0.2) is 21.3 Å². The Hall–Kier alpha value is -1.89. The fraction of sp³-hybridized carbons (Fsp3) is 0.417. The van der Waals surface area contributed by atoms with Gasteiger partial charge in [-0.2, -0.15) is 0 Å². The molecule has 102 valence electrons. The van der Waals surface area contributed by atoms with Gasteiger partial charge in [-0.1, -0.05) is 20.8 Å². The summed E-state index contributed by atoms with van der Waals surface area (Å²) in [7, 11) is 0. The molecule has 2 heterocycles. The van der Waals surface area contributed by atoms with Gasteiger partial charge in [-0.15, -0.1) is 21.5 Å². The van der Waals surface area contributed by atoms with Crippen molar-refractivity contribution < 1.29 is 19.1 Å². The zero-order chi connectivity index (χ0) is 14.0. The molecule has 0 aromatic carbocycles. The minimum Gasteiger partial charge on any atom is -0.483 e. The maximum atomic E-state index is 10.7. The predicted molar refractivity (Wildman–Crippen MR) is 68.6 cm³/mol. The number of carbonyl (C=O) groups is 1. The third-order valence-corrected chi connectivity index (χ3v) is 3.15. The second-order valence-electron chi connectivity index (χ2n) is 4.99. The topological polar surface area (TPSA) is 85.5 Å². The zero-order valence-corrected chi connectivity index (χ0v) is 11.7. The number of aromatic carboxylic acids is 1. The van der Waals surface area contributed by atoms with Gasteiger partial charge in [0.25, 0.3) is 5.89 Å². The van der Waals surface area contributed by atoms with E-state index in [0.717, 1.165) is 11.3 Å². The molecule has 2 aromatic rings. The summed E-state index contributed by atoms with van der Waals surface area (Å²) in [6.07, 6.45) is 0. The summed E-state index contributed by atoms with van der Waals surface area (Å²) in [6.45, 7) is 6.05. The summed E-state index contributed by atoms with van der Waals surface area (Å²) >= 11 is 1.11. The van der Waals surface area contributed by atoms with Crippen LogP contribution in [0.4, 0.5) is 0 Å². The third kappa shape index (κ3) is 3.31. The van der Waals surface area contributed by atoms with Gasteiger partial charge < -0.3 is 14.3 Å². The first kappa shape index (κ1) is 13.5. The van der Waals surface area contributed by atoms with Crippen LogP contribution in [0.2, 0.25) is 0 Å². The normalized spacial score (nSPS) is 11.5. The van der Waals surface area contributed by atoms with Gasteiger partial charge in [0, 0.05) is 16.9 Å². The van der Waals surface area contributed by atoms with E-state index in [9.17, 15) is 4.79 Å². The molecule has 0 amide bonds. The van der Waals surface area contributed by atoms with Crippen molar-refractivity contribution in [3.05, 3.63) is 28.1 Å². The molecule has 2 rings (SSSR count). The van der Waals surface area contributed by atoms with E-state index in [1.54, 1.807) is 5.38 Å². The van der Waals surface area contributed by atoms with Crippen LogP contribution >= 0.6 is 11.3 Å². The molecular formula is C12H14N2O4S. The maximum absolute atomic E-state index is 10.7. The Morgan fingerprint density at radius 3 is 2.74 bits per heavy atom. The zero-order valence-electron chi connectivity index (χ0n) is 10.8. The molecule has 7 heteroatoms. The van der Waals surface area contributed by atoms with Crippen LogP contribution in [-0.2, 0) is 12.0 Å². The molecule has 0 aliphatic rings. The van der Waals surface area contributed by atoms with E-state index in [1.807, 2.05) is 20.8 Å². The smallest absolute Gasteiger partial charge is 0.346 e. The lowest BCUT2D eigenvalue weighted by atomic mass is 9.97. The number of carboxylic acid groups (broad SMARTS) is 1. The van der Waals surface area contributed by atoms with Crippen LogP contribution in [0, 0.1) is 0 Å². The van der Waals surface area contributed by atoms with Crippen molar-refractivity contribution in [2.45, 2.75) is 32.8 Å². The summed E-state index contributed by atoms with van der Waals surface area (Å²) in [5, 5.41) is 18.2. The number of thiophene rings is 1. The first-order valence-corrected chi connectivity index (χ1v) is 6.52. The monoisotopic (exact) mass is 282 g/mol. The van der Waals surface area contributed by atoms with Gasteiger partial charge in [0.15, 0.2) is 6.61 Å². The maximum Gasteiger partial charge on any atom is 0.346 e. The van der Waals surface area contributed by atoms with Crippen LogP contribution in [0.3, 0.4) is 0 Å². The van der Waals surface area contributed by atoms with Gasteiger partial charge in [0.1, 0.15) is 10.6 Å². The minimum absolute atomic E-state index is 0.124. The number of ether oxygens (including phenoxy) is 1. The molecule has 0 fully saturated rings. The highest BCUT2D eigenvalue weighted by Gasteiger charge is 2.21. The summed E-state index contributed by atoms with van der Waals surface area (Å²) in [6, 6.07) is 1.47. The number of carboxylic acids is 1. The van der Waals surface area contributed by atoms with Crippen molar-refractivity contribution in [2.75, 3.05) is 0 Å². The first-order valence-electron chi connectivity index (χ1n) is 5.64. The number of nitrogens with zero attached hydrogens (tertiary/aromatic N) is 2. The Morgan fingerprint density at radius 1 is 1.47 bits per heavy atom. The van der Waals surface area contributed by atoms with Crippen LogP contribution in [0.25, 0.3) is 0 Å². The Balaban J connectivity index is 1.98. The highest BCUT2D eigenvalue weighted by molar-refractivity contribution is 7.12. The Bertz CT molecular complexity index is 583. The molecule has 0 aliphatic heterocycles. The highest BCUT2D eigenvalue weighted by atomic mass is 32.1. The lowest BCUT2D eigenvalue weighted by molar-refractivity contribution is 0.0702. The quantitative estimate of drug-likeness (QED) is 0.928. The first-order chi connectivity index (χ1) is 8.86. The Labute approximate surface area is 114 Å². The molecule has 0 spiro atoms. The second-order valence-corrected chi connectivity index (χ2v) is 5.90. The van der Waals surface area contributed by atoms with Gasteiger partial charge in [-0.3, -0.25) is 0 Å². The van der Waals surface area contributed by atoms with Crippen LogP contribution in [0.1, 0.15) is 42.2 Å². The van der Waals surface area contributed by atoms with Gasteiger partial charge in [-0.25, -0.2) is 4.79 Å². The van der Waals surface area contributed by atoms with Gasteiger partial charge in [0.2, 0.25) is 5.89 Å². The molecule has 6 nitrogen and oxygen atoms in total. The van der Waals surface area contributed by atoms with E-state index in [2.05, 4.69) is 10.2 Å². The van der Waals surface area contributed by atoms with Crippen LogP contribution in [0.5, 0.6) is 5.75 Å². The predicted octanol–water partition coefficient (Wildman–Crippen LogP) is 2.71. The molecule has 0 unspecified atom stereocenters. The highest BCUT2D eigenvalue weighted by Crippen LogP contribution is 2.23. The SMILES string of the molecule is CC(C)(C)c1nnc(COc2csc(C(=O)O)c2)o1. The summed E-state index contributed by atoms with van der Waals surface area (Å²) in [5.41, 5.74) is -0.204. The van der Waals surface area contributed by atoms with Crippen molar-refractivity contribution in [3.8, 4) is 5.75 Å². The van der Waals surface area contributed by atoms with E-state index in [-0.39, 0.29) is 16.9 Å². The summed E-state index contributed by atoms with van der Waals surface area (Å²) in [5.74, 6) is 0.432. The molecule has 0 radical (unpaired) electrons. The van der Waals surface area contributed by atoms with E-state index in [0.29, 0.717) is 17.5 Å². The number of rotatable bonds is 4.